The number of hydrogen-bond donors (Lipinski definition) is 1. The van der Waals surface area contributed by atoms with Gasteiger partial charge in [-0.25, -0.2) is 4.39 Å². The zero-order valence-corrected chi connectivity index (χ0v) is 6.40. The smallest absolute Gasteiger partial charge is 0.392 e. The van der Waals surface area contributed by atoms with Crippen molar-refractivity contribution in [2.45, 2.75) is 12.8 Å². The van der Waals surface area contributed by atoms with E-state index in [2.05, 4.69) is 0 Å². The van der Waals surface area contributed by atoms with Crippen LogP contribution in [0.3, 0.4) is 0 Å². The van der Waals surface area contributed by atoms with Crippen LogP contribution in [0.5, 0.6) is 0 Å². The van der Waals surface area contributed by atoms with Crippen molar-refractivity contribution in [3.8, 4) is 0 Å². The van der Waals surface area contributed by atoms with Crippen molar-refractivity contribution in [2.24, 2.45) is 0 Å². The summed E-state index contributed by atoms with van der Waals surface area (Å²) >= 11 is 0. The quantitative estimate of drug-likeness (QED) is 0.680. The van der Waals surface area contributed by atoms with Crippen molar-refractivity contribution in [1.29, 1.82) is 0 Å². The number of halogens is 4. The van der Waals surface area contributed by atoms with Gasteiger partial charge in [0.2, 0.25) is 0 Å². The van der Waals surface area contributed by atoms with Crippen molar-refractivity contribution in [2.75, 3.05) is 0 Å². The molecule has 0 unspecified atom stereocenters. The van der Waals surface area contributed by atoms with Gasteiger partial charge in [0.05, 0.1) is 12.2 Å². The summed E-state index contributed by atoms with van der Waals surface area (Å²) in [6.07, 6.45) is -4.68. The third-order valence-electron chi connectivity index (χ3n) is 1.52. The zero-order valence-electron chi connectivity index (χ0n) is 6.40. The Kier molecular flexibility index (Phi) is 2.56. The van der Waals surface area contributed by atoms with Crippen LogP contribution in [-0.4, -0.2) is 5.11 Å². The van der Waals surface area contributed by atoms with Crippen LogP contribution in [0.2, 0.25) is 0 Å². The molecule has 0 spiro atoms. The number of aliphatic hydroxyl groups is 1. The Labute approximate surface area is 71.6 Å². The van der Waals surface area contributed by atoms with Gasteiger partial charge in [0, 0.05) is 0 Å². The molecule has 0 saturated carbocycles. The maximum atomic E-state index is 12.7. The molecule has 13 heavy (non-hydrogen) atoms. The van der Waals surface area contributed by atoms with E-state index in [0.29, 0.717) is 12.1 Å². The molecular formula is C8H6F4O. The molecule has 0 bridgehead atoms. The predicted octanol–water partition coefficient (Wildman–Crippen LogP) is 2.34. The Bertz CT molecular complexity index is 306. The highest BCUT2D eigenvalue weighted by atomic mass is 19.4. The fraction of sp³-hybridized carbons (Fsp3) is 0.250. The Morgan fingerprint density at radius 3 is 2.23 bits per heavy atom. The predicted molar refractivity (Wildman–Crippen MR) is 37.3 cm³/mol. The van der Waals surface area contributed by atoms with Gasteiger partial charge >= 0.3 is 6.18 Å². The second-order valence-electron chi connectivity index (χ2n) is 2.47. The summed E-state index contributed by atoms with van der Waals surface area (Å²) in [5, 5.41) is 8.51. The highest BCUT2D eigenvalue weighted by Crippen LogP contribution is 2.31. The van der Waals surface area contributed by atoms with E-state index < -0.39 is 24.2 Å². The Morgan fingerprint density at radius 2 is 1.85 bits per heavy atom. The van der Waals surface area contributed by atoms with Gasteiger partial charge in [0.1, 0.15) is 5.82 Å². The molecule has 1 aromatic carbocycles. The van der Waals surface area contributed by atoms with Crippen LogP contribution in [0.15, 0.2) is 18.2 Å². The van der Waals surface area contributed by atoms with Gasteiger partial charge in [-0.05, 0) is 17.7 Å². The molecule has 0 aliphatic rings. The maximum absolute atomic E-state index is 12.7. The van der Waals surface area contributed by atoms with Gasteiger partial charge in [-0.1, -0.05) is 6.07 Å². The van der Waals surface area contributed by atoms with Crippen LogP contribution in [0.25, 0.3) is 0 Å². The van der Waals surface area contributed by atoms with Crippen molar-refractivity contribution < 1.29 is 22.7 Å². The molecule has 0 atom stereocenters. The monoisotopic (exact) mass is 194 g/mol. The van der Waals surface area contributed by atoms with Gasteiger partial charge < -0.3 is 5.11 Å². The standard InChI is InChI=1S/C8H6F4O/c9-7-3-5(4-13)1-2-6(7)8(10,11)12/h1-3,13H,4H2. The van der Waals surface area contributed by atoms with Crippen LogP contribution in [0, 0.1) is 5.82 Å². The van der Waals surface area contributed by atoms with Gasteiger partial charge in [0.15, 0.2) is 0 Å². The highest BCUT2D eigenvalue weighted by Gasteiger charge is 2.33. The van der Waals surface area contributed by atoms with E-state index in [-0.39, 0.29) is 5.56 Å². The first-order valence-corrected chi connectivity index (χ1v) is 3.41. The second kappa shape index (κ2) is 3.33. The molecule has 0 fully saturated rings. The number of aliphatic hydroxyl groups excluding tert-OH is 1. The van der Waals surface area contributed by atoms with Crippen LogP contribution >= 0.6 is 0 Å². The van der Waals surface area contributed by atoms with Gasteiger partial charge in [-0.3, -0.25) is 0 Å². The van der Waals surface area contributed by atoms with Crippen LogP contribution < -0.4 is 0 Å². The minimum Gasteiger partial charge on any atom is -0.392 e. The number of hydrogen-bond acceptors (Lipinski definition) is 1. The second-order valence-corrected chi connectivity index (χ2v) is 2.47. The Balaban J connectivity index is 3.13. The summed E-state index contributed by atoms with van der Waals surface area (Å²) in [5.41, 5.74) is -1.20. The lowest BCUT2D eigenvalue weighted by Crippen LogP contribution is -2.08. The molecule has 1 aromatic rings. The molecule has 0 aliphatic carbocycles. The first-order valence-electron chi connectivity index (χ1n) is 3.41. The van der Waals surface area contributed by atoms with Crippen molar-refractivity contribution in [3.63, 3.8) is 0 Å². The molecule has 1 nitrogen and oxygen atoms in total. The summed E-state index contributed by atoms with van der Waals surface area (Å²) < 4.78 is 48.6. The average Bonchev–Trinajstić information content (AvgIpc) is 2.01. The lowest BCUT2D eigenvalue weighted by molar-refractivity contribution is -0.140. The van der Waals surface area contributed by atoms with Crippen LogP contribution in [0.4, 0.5) is 17.6 Å². The minimum atomic E-state index is -4.68. The fourth-order valence-electron chi connectivity index (χ4n) is 0.887. The summed E-state index contributed by atoms with van der Waals surface area (Å²) in [4.78, 5) is 0. The fourth-order valence-corrected chi connectivity index (χ4v) is 0.887. The van der Waals surface area contributed by atoms with Gasteiger partial charge in [0.25, 0.3) is 0 Å². The molecule has 0 saturated heterocycles. The Morgan fingerprint density at radius 1 is 1.23 bits per heavy atom. The first-order chi connectivity index (χ1) is 5.95. The lowest BCUT2D eigenvalue weighted by Gasteiger charge is -2.08. The average molecular weight is 194 g/mol. The van der Waals surface area contributed by atoms with E-state index >= 15 is 0 Å². The summed E-state index contributed by atoms with van der Waals surface area (Å²) in [5.74, 6) is -1.36. The summed E-state index contributed by atoms with van der Waals surface area (Å²) in [6, 6.07) is 2.32. The molecule has 72 valence electrons. The summed E-state index contributed by atoms with van der Waals surface area (Å²) in [6.45, 7) is -0.477. The number of alkyl halides is 3. The molecule has 1 rings (SSSR count). The van der Waals surface area contributed by atoms with E-state index in [9.17, 15) is 17.6 Å². The topological polar surface area (TPSA) is 20.2 Å². The van der Waals surface area contributed by atoms with E-state index in [1.165, 1.54) is 0 Å². The molecule has 5 heteroatoms. The zero-order chi connectivity index (χ0) is 10.1. The highest BCUT2D eigenvalue weighted by molar-refractivity contribution is 5.25. The lowest BCUT2D eigenvalue weighted by atomic mass is 10.1. The van der Waals surface area contributed by atoms with E-state index in [1.807, 2.05) is 0 Å². The molecule has 1 N–H and O–H groups in total. The van der Waals surface area contributed by atoms with Crippen molar-refractivity contribution in [1.82, 2.24) is 0 Å². The third kappa shape index (κ3) is 2.18. The Hall–Kier alpha value is -1.10. The molecule has 0 radical (unpaired) electrons. The SMILES string of the molecule is OCc1ccc(C(F)(F)F)c(F)c1. The first kappa shape index (κ1) is 9.98. The largest absolute Gasteiger partial charge is 0.419 e. The summed E-state index contributed by atoms with van der Waals surface area (Å²) in [7, 11) is 0. The van der Waals surface area contributed by atoms with Crippen molar-refractivity contribution >= 4 is 0 Å². The molecule has 0 aliphatic heterocycles. The molecule has 0 heterocycles. The minimum absolute atomic E-state index is 0.116. The van der Waals surface area contributed by atoms with Gasteiger partial charge in [-0.15, -0.1) is 0 Å². The number of benzene rings is 1. The van der Waals surface area contributed by atoms with Crippen LogP contribution in [-0.2, 0) is 12.8 Å². The molecule has 0 amide bonds. The molecular weight excluding hydrogens is 188 g/mol. The normalized spacial score (nSPS) is 11.8. The van der Waals surface area contributed by atoms with Crippen LogP contribution in [0.1, 0.15) is 11.1 Å². The van der Waals surface area contributed by atoms with E-state index in [4.69, 9.17) is 5.11 Å². The third-order valence-corrected chi connectivity index (χ3v) is 1.52. The molecule has 0 aromatic heterocycles. The number of rotatable bonds is 1. The van der Waals surface area contributed by atoms with Gasteiger partial charge in [-0.2, -0.15) is 13.2 Å². The van der Waals surface area contributed by atoms with E-state index in [1.54, 1.807) is 0 Å². The van der Waals surface area contributed by atoms with Crippen molar-refractivity contribution in [3.05, 3.63) is 35.1 Å². The maximum Gasteiger partial charge on any atom is 0.419 e. The van der Waals surface area contributed by atoms with E-state index in [0.717, 1.165) is 6.07 Å².